The van der Waals surface area contributed by atoms with Crippen molar-refractivity contribution in [1.29, 1.82) is 0 Å². The van der Waals surface area contributed by atoms with E-state index in [1.165, 1.54) is 12.8 Å². The van der Waals surface area contributed by atoms with Crippen molar-refractivity contribution >= 4 is 23.8 Å². The molecule has 3 heterocycles. The molecule has 0 aromatic carbocycles. The second kappa shape index (κ2) is 10.9. The molecular formula is C25H44N4O4S. The minimum Gasteiger partial charge on any atom is -0.444 e. The second-order valence-corrected chi connectivity index (χ2v) is 12.9. The van der Waals surface area contributed by atoms with E-state index in [-0.39, 0.29) is 34.8 Å². The van der Waals surface area contributed by atoms with Gasteiger partial charge in [0.25, 0.3) is 0 Å². The van der Waals surface area contributed by atoms with Crippen molar-refractivity contribution < 1.29 is 19.1 Å². The van der Waals surface area contributed by atoms with E-state index in [1.54, 1.807) is 11.8 Å². The zero-order valence-electron chi connectivity index (χ0n) is 21.5. The van der Waals surface area contributed by atoms with Crippen molar-refractivity contribution in [3.05, 3.63) is 0 Å². The summed E-state index contributed by atoms with van der Waals surface area (Å²) >= 11 is 1.73. The minimum atomic E-state index is -0.492. The highest BCUT2D eigenvalue weighted by Crippen LogP contribution is 2.40. The standard InChI is InChI=1S/C25H44N4O4S/c1-15-12-17(16-8-6-7-9-20(16)32-5)18(13-26-15)22(30)28-23-27-19-10-11-29(14-21(19)34-23)24(31)33-25(2,3)4/h15-21,23,26-27H,6-14H2,1-5H3,(H,28,30). The molecule has 4 rings (SSSR count). The van der Waals surface area contributed by atoms with E-state index in [2.05, 4.69) is 22.9 Å². The Kier molecular flexibility index (Phi) is 8.37. The summed E-state index contributed by atoms with van der Waals surface area (Å²) in [5, 5.41) is 10.7. The van der Waals surface area contributed by atoms with Gasteiger partial charge in [0.05, 0.1) is 12.0 Å². The van der Waals surface area contributed by atoms with Crippen LogP contribution in [0.2, 0.25) is 0 Å². The lowest BCUT2D eigenvalue weighted by Gasteiger charge is -2.44. The molecule has 4 fully saturated rings. The van der Waals surface area contributed by atoms with E-state index >= 15 is 0 Å². The maximum Gasteiger partial charge on any atom is 0.410 e. The number of carbonyl (C=O) groups is 2. The third kappa shape index (κ3) is 6.20. The third-order valence-corrected chi connectivity index (χ3v) is 9.29. The maximum absolute atomic E-state index is 13.5. The van der Waals surface area contributed by atoms with Crippen LogP contribution in [0.5, 0.6) is 0 Å². The van der Waals surface area contributed by atoms with Crippen LogP contribution < -0.4 is 16.0 Å². The number of hydrogen-bond donors (Lipinski definition) is 3. The number of hydrogen-bond acceptors (Lipinski definition) is 7. The number of methoxy groups -OCH3 is 1. The molecule has 34 heavy (non-hydrogen) atoms. The average molecular weight is 497 g/mol. The number of fused-ring (bicyclic) bond motifs is 1. The van der Waals surface area contributed by atoms with E-state index in [0.29, 0.717) is 37.0 Å². The van der Waals surface area contributed by atoms with Gasteiger partial charge in [0.2, 0.25) is 5.91 Å². The van der Waals surface area contributed by atoms with E-state index in [0.717, 1.165) is 32.2 Å². The molecule has 3 aliphatic heterocycles. The number of ether oxygens (including phenoxy) is 2. The lowest BCUT2D eigenvalue weighted by Crippen LogP contribution is -2.55. The first-order chi connectivity index (χ1) is 16.1. The fourth-order valence-electron chi connectivity index (χ4n) is 6.26. The van der Waals surface area contributed by atoms with Crippen LogP contribution in [0, 0.1) is 17.8 Å². The van der Waals surface area contributed by atoms with E-state index in [9.17, 15) is 9.59 Å². The molecule has 0 spiro atoms. The number of amides is 2. The largest absolute Gasteiger partial charge is 0.444 e. The molecule has 4 aliphatic rings. The van der Waals surface area contributed by atoms with Crippen LogP contribution >= 0.6 is 11.8 Å². The zero-order chi connectivity index (χ0) is 24.5. The smallest absolute Gasteiger partial charge is 0.410 e. The fourth-order valence-corrected chi connectivity index (χ4v) is 7.72. The van der Waals surface area contributed by atoms with Crippen LogP contribution in [0.25, 0.3) is 0 Å². The Morgan fingerprint density at radius 2 is 1.88 bits per heavy atom. The van der Waals surface area contributed by atoms with Gasteiger partial charge in [-0.15, -0.1) is 11.8 Å². The topological polar surface area (TPSA) is 91.9 Å². The molecule has 8 unspecified atom stereocenters. The van der Waals surface area contributed by atoms with Crippen LogP contribution in [0.3, 0.4) is 0 Å². The van der Waals surface area contributed by atoms with Crippen molar-refractivity contribution in [1.82, 2.24) is 20.9 Å². The van der Waals surface area contributed by atoms with Gasteiger partial charge in [0.1, 0.15) is 11.1 Å². The number of rotatable bonds is 4. The third-order valence-electron chi connectivity index (χ3n) is 7.93. The second-order valence-electron chi connectivity index (χ2n) is 11.6. The van der Waals surface area contributed by atoms with Crippen LogP contribution in [0.4, 0.5) is 4.79 Å². The van der Waals surface area contributed by atoms with Crippen molar-refractivity contribution in [3.8, 4) is 0 Å². The van der Waals surface area contributed by atoms with Crippen molar-refractivity contribution in [2.75, 3.05) is 26.7 Å². The summed E-state index contributed by atoms with van der Waals surface area (Å²) in [7, 11) is 1.82. The summed E-state index contributed by atoms with van der Waals surface area (Å²) in [6, 6.07) is 0.722. The molecule has 0 aromatic heterocycles. The summed E-state index contributed by atoms with van der Waals surface area (Å²) in [5.41, 5.74) is -0.612. The van der Waals surface area contributed by atoms with Gasteiger partial charge in [-0.1, -0.05) is 12.8 Å². The Morgan fingerprint density at radius 3 is 2.62 bits per heavy atom. The fraction of sp³-hybridized carbons (Fsp3) is 0.920. The molecule has 8 atom stereocenters. The molecule has 0 aromatic rings. The molecular weight excluding hydrogens is 452 g/mol. The molecule has 0 radical (unpaired) electrons. The number of piperidine rings is 2. The van der Waals surface area contributed by atoms with Crippen LogP contribution in [-0.2, 0) is 14.3 Å². The monoisotopic (exact) mass is 496 g/mol. The molecule has 1 aliphatic carbocycles. The van der Waals surface area contributed by atoms with Crippen LogP contribution in [-0.4, -0.2) is 78.2 Å². The lowest BCUT2D eigenvalue weighted by molar-refractivity contribution is -0.130. The van der Waals surface area contributed by atoms with Crippen molar-refractivity contribution in [2.24, 2.45) is 17.8 Å². The average Bonchev–Trinajstić information content (AvgIpc) is 3.19. The quantitative estimate of drug-likeness (QED) is 0.551. The van der Waals surface area contributed by atoms with Crippen molar-refractivity contribution in [2.45, 2.75) is 101 Å². The SMILES string of the molecule is COC1CCCCC1C1CC(C)NCC1C(=O)NC1NC2CCN(C(=O)OC(C)(C)C)CC2S1. The highest BCUT2D eigenvalue weighted by molar-refractivity contribution is 8.00. The van der Waals surface area contributed by atoms with E-state index in [1.807, 2.05) is 32.8 Å². The van der Waals surface area contributed by atoms with Gasteiger partial charge in [0.15, 0.2) is 0 Å². The maximum atomic E-state index is 13.5. The first-order valence-corrected chi connectivity index (χ1v) is 14.0. The summed E-state index contributed by atoms with van der Waals surface area (Å²) in [4.78, 5) is 27.8. The molecule has 3 N–H and O–H groups in total. The van der Waals surface area contributed by atoms with Gasteiger partial charge in [-0.2, -0.15) is 0 Å². The van der Waals surface area contributed by atoms with E-state index < -0.39 is 5.60 Å². The predicted molar refractivity (Wildman–Crippen MR) is 134 cm³/mol. The van der Waals surface area contributed by atoms with Crippen LogP contribution in [0.15, 0.2) is 0 Å². The molecule has 1 saturated carbocycles. The van der Waals surface area contributed by atoms with Crippen molar-refractivity contribution in [3.63, 3.8) is 0 Å². The summed E-state index contributed by atoms with van der Waals surface area (Å²) < 4.78 is 11.4. The van der Waals surface area contributed by atoms with Gasteiger partial charge in [-0.25, -0.2) is 4.79 Å². The molecule has 2 amide bonds. The molecule has 194 valence electrons. The first-order valence-electron chi connectivity index (χ1n) is 13.1. The number of nitrogens with zero attached hydrogens (tertiary/aromatic N) is 1. The van der Waals surface area contributed by atoms with Gasteiger partial charge in [0, 0.05) is 44.1 Å². The Balaban J connectivity index is 1.34. The Hall–Kier alpha value is -1.03. The van der Waals surface area contributed by atoms with Gasteiger partial charge >= 0.3 is 6.09 Å². The highest BCUT2D eigenvalue weighted by Gasteiger charge is 2.45. The van der Waals surface area contributed by atoms with Crippen LogP contribution in [0.1, 0.15) is 66.2 Å². The normalized spacial score (nSPS) is 38.8. The van der Waals surface area contributed by atoms with E-state index in [4.69, 9.17) is 9.47 Å². The molecule has 3 saturated heterocycles. The minimum absolute atomic E-state index is 0.0414. The Labute approximate surface area is 209 Å². The Bertz CT molecular complexity index is 732. The zero-order valence-corrected chi connectivity index (χ0v) is 22.3. The number of thioether (sulfide) groups is 1. The molecule has 0 bridgehead atoms. The van der Waals surface area contributed by atoms with Gasteiger partial charge in [-0.3, -0.25) is 10.1 Å². The van der Waals surface area contributed by atoms with Gasteiger partial charge < -0.3 is 25.0 Å². The molecule has 8 nitrogen and oxygen atoms in total. The lowest BCUT2D eigenvalue weighted by atomic mass is 9.68. The summed E-state index contributed by atoms with van der Waals surface area (Å²) in [6.07, 6.45) is 6.61. The summed E-state index contributed by atoms with van der Waals surface area (Å²) in [5.74, 6) is 0.892. The first kappa shape index (κ1) is 26.0. The molecule has 9 heteroatoms. The predicted octanol–water partition coefficient (Wildman–Crippen LogP) is 2.92. The van der Waals surface area contributed by atoms with Gasteiger partial charge in [-0.05, 0) is 65.2 Å². The number of carbonyl (C=O) groups excluding carboxylic acids is 2. The number of nitrogens with one attached hydrogen (secondary N) is 3. The Morgan fingerprint density at radius 1 is 1.12 bits per heavy atom. The highest BCUT2D eigenvalue weighted by atomic mass is 32.2. The summed E-state index contributed by atoms with van der Waals surface area (Å²) in [6.45, 7) is 9.95. The number of likely N-dealkylation sites (tertiary alicyclic amines) is 1.